The van der Waals surface area contributed by atoms with Crippen LogP contribution in [0.15, 0.2) is 95.9 Å². The zero-order valence-corrected chi connectivity index (χ0v) is 22.5. The molecule has 0 heterocycles. The van der Waals surface area contributed by atoms with E-state index in [0.717, 1.165) is 60.5 Å². The third-order valence-electron chi connectivity index (χ3n) is 5.52. The lowest BCUT2D eigenvalue weighted by atomic mass is 10.1. The van der Waals surface area contributed by atoms with Gasteiger partial charge >= 0.3 is 11.9 Å². The Labute approximate surface area is 229 Å². The largest absolute Gasteiger partial charge is 0.494 e. The van der Waals surface area contributed by atoms with Crippen molar-refractivity contribution in [2.45, 2.75) is 43.4 Å². The minimum Gasteiger partial charge on any atom is -0.494 e. The molecule has 7 heteroatoms. The van der Waals surface area contributed by atoms with Crippen LogP contribution >= 0.6 is 12.0 Å². The Morgan fingerprint density at radius 1 is 0.763 bits per heavy atom. The molecule has 3 rings (SSSR count). The Kier molecular flexibility index (Phi) is 12.8. The van der Waals surface area contributed by atoms with Crippen molar-refractivity contribution in [2.24, 2.45) is 0 Å². The van der Waals surface area contributed by atoms with Crippen LogP contribution < -0.4 is 9.47 Å². The molecule has 0 aliphatic rings. The van der Waals surface area contributed by atoms with Crippen molar-refractivity contribution in [3.63, 3.8) is 0 Å². The Hall–Kier alpha value is -3.71. The highest BCUT2D eigenvalue weighted by molar-refractivity contribution is 7.95. The molecule has 0 aliphatic carbocycles. The van der Waals surface area contributed by atoms with Gasteiger partial charge in [0.05, 0.1) is 37.9 Å². The van der Waals surface area contributed by atoms with Gasteiger partial charge in [-0.3, -0.25) is 4.79 Å². The lowest BCUT2D eigenvalue weighted by Gasteiger charge is -2.08. The Balaban J connectivity index is 1.21. The summed E-state index contributed by atoms with van der Waals surface area (Å²) in [6.45, 7) is 1.35. The number of methoxy groups -OCH3 is 1. The molecule has 0 unspecified atom stereocenters. The first-order chi connectivity index (χ1) is 18.6. The van der Waals surface area contributed by atoms with E-state index in [1.54, 1.807) is 24.3 Å². The molecule has 6 nitrogen and oxygen atoms in total. The topological polar surface area (TPSA) is 71.1 Å². The Morgan fingerprint density at radius 2 is 1.42 bits per heavy atom. The monoisotopic (exact) mass is 534 g/mol. The number of rotatable bonds is 16. The van der Waals surface area contributed by atoms with Gasteiger partial charge in [0, 0.05) is 11.3 Å². The zero-order valence-electron chi connectivity index (χ0n) is 21.7. The Morgan fingerprint density at radius 3 is 2.08 bits per heavy atom. The molecule has 0 fully saturated rings. The van der Waals surface area contributed by atoms with Crippen LogP contribution in [0.25, 0.3) is 0 Å². The molecule has 0 amide bonds. The van der Waals surface area contributed by atoms with E-state index in [4.69, 9.17) is 13.7 Å². The molecule has 0 spiro atoms. The molecule has 200 valence electrons. The highest BCUT2D eigenvalue weighted by Crippen LogP contribution is 2.21. The fraction of sp³-hybridized carbons (Fsp3) is 0.290. The maximum Gasteiger partial charge on any atom is 0.337 e. The van der Waals surface area contributed by atoms with Gasteiger partial charge in [0.1, 0.15) is 11.5 Å². The summed E-state index contributed by atoms with van der Waals surface area (Å²) >= 11 is 0.995. The summed E-state index contributed by atoms with van der Waals surface area (Å²) in [5, 5.41) is 0. The number of unbranched alkanes of at least 4 members (excludes halogenated alkanes) is 2. The van der Waals surface area contributed by atoms with Crippen LogP contribution in [0.5, 0.6) is 11.5 Å². The van der Waals surface area contributed by atoms with E-state index < -0.39 is 5.97 Å². The van der Waals surface area contributed by atoms with Crippen molar-refractivity contribution < 1.29 is 28.0 Å². The van der Waals surface area contributed by atoms with Crippen molar-refractivity contribution in [1.82, 2.24) is 0 Å². The van der Waals surface area contributed by atoms with Gasteiger partial charge in [-0.1, -0.05) is 42.5 Å². The summed E-state index contributed by atoms with van der Waals surface area (Å²) in [4.78, 5) is 24.1. The van der Waals surface area contributed by atoms with Gasteiger partial charge in [0.25, 0.3) is 0 Å². The maximum absolute atomic E-state index is 12.0. The molecular formula is C31H34O6S. The quantitative estimate of drug-likeness (QED) is 0.0831. The molecule has 38 heavy (non-hydrogen) atoms. The minimum atomic E-state index is -0.398. The maximum atomic E-state index is 12.0. The van der Waals surface area contributed by atoms with Crippen LogP contribution in [-0.4, -0.2) is 32.3 Å². The molecule has 0 aromatic heterocycles. The molecular weight excluding hydrogens is 500 g/mol. The number of allylic oxidation sites excluding steroid dienone is 2. The summed E-state index contributed by atoms with van der Waals surface area (Å²) in [7, 11) is 1.34. The number of carbonyl (C=O) groups excluding carboxylic acids is 2. The van der Waals surface area contributed by atoms with Gasteiger partial charge in [-0.05, 0) is 86.2 Å². The second kappa shape index (κ2) is 16.9. The molecule has 0 saturated heterocycles. The van der Waals surface area contributed by atoms with Crippen molar-refractivity contribution in [3.05, 3.63) is 102 Å². The van der Waals surface area contributed by atoms with Crippen LogP contribution in [-0.2, 0) is 20.1 Å². The van der Waals surface area contributed by atoms with Gasteiger partial charge in [-0.25, -0.2) is 4.79 Å². The summed E-state index contributed by atoms with van der Waals surface area (Å²) < 4.78 is 21.4. The van der Waals surface area contributed by atoms with E-state index in [1.165, 1.54) is 12.7 Å². The summed E-state index contributed by atoms with van der Waals surface area (Å²) in [5.74, 6) is 1.11. The fourth-order valence-corrected chi connectivity index (χ4v) is 3.94. The summed E-state index contributed by atoms with van der Waals surface area (Å²) in [5.41, 5.74) is 1.66. The van der Waals surface area contributed by atoms with Crippen molar-refractivity contribution in [3.8, 4) is 11.5 Å². The first kappa shape index (κ1) is 28.9. The second-order valence-electron chi connectivity index (χ2n) is 8.48. The van der Waals surface area contributed by atoms with Gasteiger partial charge in [-0.15, -0.1) is 0 Å². The number of carbonyl (C=O) groups is 2. The van der Waals surface area contributed by atoms with Crippen LogP contribution in [0.2, 0.25) is 0 Å². The van der Waals surface area contributed by atoms with Gasteiger partial charge < -0.3 is 18.4 Å². The lowest BCUT2D eigenvalue weighted by Crippen LogP contribution is -2.02. The van der Waals surface area contributed by atoms with Crippen molar-refractivity contribution in [2.75, 3.05) is 20.3 Å². The number of hydrogen-bond donors (Lipinski definition) is 0. The van der Waals surface area contributed by atoms with E-state index in [0.29, 0.717) is 25.2 Å². The van der Waals surface area contributed by atoms with Gasteiger partial charge in [-0.2, -0.15) is 0 Å². The average Bonchev–Trinajstić information content (AvgIpc) is 2.96. The van der Waals surface area contributed by atoms with E-state index in [9.17, 15) is 9.59 Å². The normalized spacial score (nSPS) is 10.8. The van der Waals surface area contributed by atoms with Crippen molar-refractivity contribution in [1.29, 1.82) is 0 Å². The van der Waals surface area contributed by atoms with Gasteiger partial charge in [0.2, 0.25) is 0 Å². The highest BCUT2D eigenvalue weighted by Gasteiger charge is 2.07. The zero-order chi connectivity index (χ0) is 26.8. The van der Waals surface area contributed by atoms with E-state index >= 15 is 0 Å². The molecule has 3 aromatic rings. The van der Waals surface area contributed by atoms with Crippen LogP contribution in [0.3, 0.4) is 0 Å². The number of ether oxygens (including phenoxy) is 3. The molecule has 0 N–H and O–H groups in total. The second-order valence-corrected chi connectivity index (χ2v) is 9.29. The van der Waals surface area contributed by atoms with Crippen molar-refractivity contribution >= 4 is 24.0 Å². The average molecular weight is 535 g/mol. The fourth-order valence-electron chi connectivity index (χ4n) is 3.42. The molecule has 0 saturated carbocycles. The van der Waals surface area contributed by atoms with E-state index in [2.05, 4.69) is 29.0 Å². The number of hydrogen-bond acceptors (Lipinski definition) is 7. The third kappa shape index (κ3) is 11.1. The predicted molar refractivity (Wildman–Crippen MR) is 150 cm³/mol. The van der Waals surface area contributed by atoms with Crippen LogP contribution in [0.1, 0.15) is 48.0 Å². The Bertz CT molecular complexity index is 1130. The number of benzene rings is 3. The predicted octanol–water partition coefficient (Wildman–Crippen LogP) is 7.23. The molecule has 0 atom stereocenters. The van der Waals surface area contributed by atoms with Crippen LogP contribution in [0, 0.1) is 0 Å². The van der Waals surface area contributed by atoms with Gasteiger partial charge in [0.15, 0.2) is 0 Å². The minimum absolute atomic E-state index is 0.264. The SMILES string of the molecule is COC(=O)c1ccc(SOC(=O)CCCC=CCc2ccc(OCCCCOc3ccccc3)cc2)cc1. The summed E-state index contributed by atoms with van der Waals surface area (Å²) in [6.07, 6.45) is 8.80. The molecule has 0 bridgehead atoms. The summed E-state index contributed by atoms with van der Waals surface area (Å²) in [6, 6.07) is 24.7. The first-order valence-electron chi connectivity index (χ1n) is 12.7. The number of para-hydroxylation sites is 1. The smallest absolute Gasteiger partial charge is 0.337 e. The number of esters is 1. The lowest BCUT2D eigenvalue weighted by molar-refractivity contribution is -0.133. The highest BCUT2D eigenvalue weighted by atomic mass is 32.2. The van der Waals surface area contributed by atoms with E-state index in [1.807, 2.05) is 42.5 Å². The molecule has 3 aromatic carbocycles. The molecule has 0 radical (unpaired) electrons. The molecule has 0 aliphatic heterocycles. The third-order valence-corrected chi connectivity index (χ3v) is 6.25. The standard InChI is InChI=1S/C31H34O6S/c1-34-31(33)26-17-21-29(22-18-26)38-37-30(32)14-8-3-2-5-11-25-15-19-28(20-16-25)36-24-10-9-23-35-27-12-6-4-7-13-27/h2,4-7,12-13,15-22H,3,8-11,14,23-24H2,1H3. The van der Waals surface area contributed by atoms with Crippen LogP contribution in [0.4, 0.5) is 0 Å². The first-order valence-corrected chi connectivity index (χ1v) is 13.5. The van der Waals surface area contributed by atoms with E-state index in [-0.39, 0.29) is 5.97 Å².